The van der Waals surface area contributed by atoms with E-state index < -0.39 is 0 Å². The molecule has 2 aliphatic heterocycles. The lowest BCUT2D eigenvalue weighted by molar-refractivity contribution is 0.171. The van der Waals surface area contributed by atoms with Crippen LogP contribution in [0, 0.1) is 0 Å². The normalized spacial score (nSPS) is 17.2. The lowest BCUT2D eigenvalue weighted by Crippen LogP contribution is -2.40. The fourth-order valence-electron chi connectivity index (χ4n) is 3.09. The number of nitrogens with one attached hydrogen (secondary N) is 2. The summed E-state index contributed by atoms with van der Waals surface area (Å²) < 4.78 is 16.8. The topological polar surface area (TPSA) is 68.8 Å². The van der Waals surface area contributed by atoms with Gasteiger partial charge >= 0.3 is 6.03 Å². The first-order chi connectivity index (χ1) is 12.7. The molecule has 0 aliphatic carbocycles. The van der Waals surface area contributed by atoms with Crippen molar-refractivity contribution < 1.29 is 19.0 Å². The van der Waals surface area contributed by atoms with Gasteiger partial charge in [-0.15, -0.1) is 0 Å². The molecular formula is C19H19ClN2O4. The first-order valence-electron chi connectivity index (χ1n) is 8.53. The summed E-state index contributed by atoms with van der Waals surface area (Å²) in [7, 11) is 0. The van der Waals surface area contributed by atoms with Crippen molar-refractivity contribution in [1.29, 1.82) is 0 Å². The van der Waals surface area contributed by atoms with Crippen LogP contribution < -0.4 is 24.8 Å². The highest BCUT2D eigenvalue weighted by Crippen LogP contribution is 2.38. The van der Waals surface area contributed by atoms with Crippen molar-refractivity contribution in [2.24, 2.45) is 0 Å². The predicted molar refractivity (Wildman–Crippen MR) is 97.2 cm³/mol. The van der Waals surface area contributed by atoms with Crippen LogP contribution in [0.3, 0.4) is 0 Å². The maximum absolute atomic E-state index is 12.1. The van der Waals surface area contributed by atoms with Crippen LogP contribution in [-0.2, 0) is 13.0 Å². The molecule has 2 aromatic rings. The molecule has 2 amide bonds. The molecule has 4 rings (SSSR count). The van der Waals surface area contributed by atoms with Crippen LogP contribution in [0.1, 0.15) is 11.1 Å². The minimum atomic E-state index is -0.254. The molecule has 2 aromatic carbocycles. The zero-order chi connectivity index (χ0) is 17.9. The van der Waals surface area contributed by atoms with Gasteiger partial charge in [0.1, 0.15) is 25.1 Å². The molecule has 26 heavy (non-hydrogen) atoms. The van der Waals surface area contributed by atoms with Crippen molar-refractivity contribution in [1.82, 2.24) is 10.6 Å². The van der Waals surface area contributed by atoms with Crippen molar-refractivity contribution in [2.45, 2.75) is 19.1 Å². The Hall–Kier alpha value is -2.60. The molecule has 0 saturated carbocycles. The number of hydrogen-bond donors (Lipinski definition) is 2. The van der Waals surface area contributed by atoms with E-state index in [1.54, 1.807) is 6.07 Å². The molecule has 1 unspecified atom stereocenters. The van der Waals surface area contributed by atoms with Crippen LogP contribution in [-0.4, -0.2) is 31.9 Å². The zero-order valence-electron chi connectivity index (χ0n) is 14.1. The number of benzene rings is 2. The average molecular weight is 375 g/mol. The Morgan fingerprint density at radius 2 is 1.96 bits per heavy atom. The number of carbonyl (C=O) groups is 1. The highest BCUT2D eigenvalue weighted by molar-refractivity contribution is 6.32. The maximum atomic E-state index is 12.1. The first-order valence-corrected chi connectivity index (χ1v) is 8.91. The number of carbonyl (C=O) groups excluding carboxylic acids is 1. The molecule has 6 nitrogen and oxygen atoms in total. The molecule has 0 radical (unpaired) electrons. The highest BCUT2D eigenvalue weighted by Gasteiger charge is 2.22. The van der Waals surface area contributed by atoms with E-state index in [1.165, 1.54) is 5.56 Å². The summed E-state index contributed by atoms with van der Waals surface area (Å²) in [6.45, 7) is 1.76. The Balaban J connectivity index is 1.26. The van der Waals surface area contributed by atoms with Gasteiger partial charge in [-0.3, -0.25) is 0 Å². The predicted octanol–water partition coefficient (Wildman–Crippen LogP) is 2.91. The molecule has 0 aromatic heterocycles. The summed E-state index contributed by atoms with van der Waals surface area (Å²) in [5.74, 6) is 2.06. The van der Waals surface area contributed by atoms with E-state index in [9.17, 15) is 4.79 Å². The summed E-state index contributed by atoms with van der Waals surface area (Å²) in [6, 6.07) is 11.3. The van der Waals surface area contributed by atoms with Gasteiger partial charge in [0.15, 0.2) is 11.5 Å². The van der Waals surface area contributed by atoms with Gasteiger partial charge in [-0.1, -0.05) is 29.8 Å². The van der Waals surface area contributed by atoms with Gasteiger partial charge in [-0.25, -0.2) is 4.79 Å². The molecule has 136 valence electrons. The van der Waals surface area contributed by atoms with E-state index in [2.05, 4.69) is 10.6 Å². The quantitative estimate of drug-likeness (QED) is 0.863. The summed E-state index contributed by atoms with van der Waals surface area (Å²) in [4.78, 5) is 12.1. The van der Waals surface area contributed by atoms with E-state index in [4.69, 9.17) is 25.8 Å². The fraction of sp³-hybridized carbons (Fsp3) is 0.316. The molecule has 0 saturated heterocycles. The molecule has 0 fully saturated rings. The van der Waals surface area contributed by atoms with Gasteiger partial charge < -0.3 is 24.8 Å². The van der Waals surface area contributed by atoms with Crippen LogP contribution in [0.15, 0.2) is 36.4 Å². The first kappa shape index (κ1) is 16.8. The molecule has 7 heteroatoms. The third kappa shape index (κ3) is 3.65. The minimum absolute atomic E-state index is 0.0399. The summed E-state index contributed by atoms with van der Waals surface area (Å²) >= 11 is 6.20. The number of halogens is 1. The third-order valence-corrected chi connectivity index (χ3v) is 4.59. The van der Waals surface area contributed by atoms with Crippen LogP contribution in [0.25, 0.3) is 0 Å². The lowest BCUT2D eigenvalue weighted by atomic mass is 10.1. The van der Waals surface area contributed by atoms with Crippen LogP contribution in [0.5, 0.6) is 17.2 Å². The monoisotopic (exact) mass is 374 g/mol. The molecule has 1 atom stereocenters. The number of amides is 2. The molecule has 2 aliphatic rings. The Morgan fingerprint density at radius 3 is 2.85 bits per heavy atom. The number of para-hydroxylation sites is 1. The van der Waals surface area contributed by atoms with Crippen molar-refractivity contribution in [3.63, 3.8) is 0 Å². The fourth-order valence-corrected chi connectivity index (χ4v) is 3.37. The van der Waals surface area contributed by atoms with Crippen molar-refractivity contribution in [3.8, 4) is 17.2 Å². The second-order valence-electron chi connectivity index (χ2n) is 6.22. The standard InChI is InChI=1S/C19H19ClN2O4/c20-15-7-12(8-17-18(15)25-6-5-24-17)10-21-19(23)22-11-14-9-13-3-1-2-4-16(13)26-14/h1-4,7-8,14H,5-6,9-11H2,(H2,21,22,23). The number of hydrogen-bond acceptors (Lipinski definition) is 4. The zero-order valence-corrected chi connectivity index (χ0v) is 14.8. The number of rotatable bonds is 4. The van der Waals surface area contributed by atoms with E-state index in [0.29, 0.717) is 42.8 Å². The Morgan fingerprint density at radius 1 is 1.12 bits per heavy atom. The van der Waals surface area contributed by atoms with Crippen LogP contribution in [0.2, 0.25) is 5.02 Å². The Kier molecular flexibility index (Phi) is 4.75. The van der Waals surface area contributed by atoms with Crippen LogP contribution in [0.4, 0.5) is 4.79 Å². The molecule has 0 bridgehead atoms. The van der Waals surface area contributed by atoms with E-state index in [-0.39, 0.29) is 12.1 Å². The van der Waals surface area contributed by atoms with Gasteiger partial charge in [0.2, 0.25) is 0 Å². The van der Waals surface area contributed by atoms with Gasteiger partial charge in [-0.05, 0) is 29.3 Å². The molecule has 2 heterocycles. The van der Waals surface area contributed by atoms with Crippen molar-refractivity contribution in [2.75, 3.05) is 19.8 Å². The Bertz CT molecular complexity index is 802. The maximum Gasteiger partial charge on any atom is 0.315 e. The van der Waals surface area contributed by atoms with Gasteiger partial charge in [0.25, 0.3) is 0 Å². The average Bonchev–Trinajstić information content (AvgIpc) is 3.08. The number of urea groups is 1. The largest absolute Gasteiger partial charge is 0.488 e. The van der Waals surface area contributed by atoms with Gasteiger partial charge in [0, 0.05) is 13.0 Å². The highest BCUT2D eigenvalue weighted by atomic mass is 35.5. The van der Waals surface area contributed by atoms with Gasteiger partial charge in [-0.2, -0.15) is 0 Å². The van der Waals surface area contributed by atoms with Gasteiger partial charge in [0.05, 0.1) is 11.6 Å². The van der Waals surface area contributed by atoms with E-state index in [0.717, 1.165) is 17.7 Å². The summed E-state index contributed by atoms with van der Waals surface area (Å²) in [5.41, 5.74) is 2.02. The smallest absolute Gasteiger partial charge is 0.315 e. The number of ether oxygens (including phenoxy) is 3. The molecule has 2 N–H and O–H groups in total. The second-order valence-corrected chi connectivity index (χ2v) is 6.62. The second kappa shape index (κ2) is 7.33. The van der Waals surface area contributed by atoms with Crippen molar-refractivity contribution in [3.05, 3.63) is 52.5 Å². The van der Waals surface area contributed by atoms with E-state index >= 15 is 0 Å². The summed E-state index contributed by atoms with van der Waals surface area (Å²) in [5, 5.41) is 6.14. The SMILES string of the molecule is O=C(NCc1cc(Cl)c2c(c1)OCCO2)NCC1Cc2ccccc2O1. The molecule has 0 spiro atoms. The minimum Gasteiger partial charge on any atom is -0.488 e. The summed E-state index contributed by atoms with van der Waals surface area (Å²) in [6.07, 6.45) is 0.760. The van der Waals surface area contributed by atoms with E-state index in [1.807, 2.05) is 30.3 Å². The Labute approximate surface area is 156 Å². The van der Waals surface area contributed by atoms with Crippen LogP contribution >= 0.6 is 11.6 Å². The van der Waals surface area contributed by atoms with Crippen molar-refractivity contribution >= 4 is 17.6 Å². The number of fused-ring (bicyclic) bond motifs is 2. The third-order valence-electron chi connectivity index (χ3n) is 4.31. The molecular weight excluding hydrogens is 356 g/mol. The lowest BCUT2D eigenvalue weighted by Gasteiger charge is -2.20.